The Hall–Kier alpha value is -3.79. The Kier molecular flexibility index (Phi) is 8.27. The zero-order chi connectivity index (χ0) is 22.8. The fourth-order valence-electron chi connectivity index (χ4n) is 2.84. The van der Waals surface area contributed by atoms with Gasteiger partial charge in [0.15, 0.2) is 5.75 Å². The lowest BCUT2D eigenvalue weighted by atomic mass is 10.1. The van der Waals surface area contributed by atoms with Gasteiger partial charge >= 0.3 is 6.01 Å². The Morgan fingerprint density at radius 1 is 1.25 bits per heavy atom. The van der Waals surface area contributed by atoms with Crippen molar-refractivity contribution in [3.8, 4) is 11.8 Å². The maximum absolute atomic E-state index is 5.67. The zero-order valence-corrected chi connectivity index (χ0v) is 18.7. The van der Waals surface area contributed by atoms with Crippen molar-refractivity contribution in [1.29, 1.82) is 0 Å². The largest absolute Gasteiger partial charge is 0.479 e. The first-order valence-electron chi connectivity index (χ1n) is 9.51. The molecular formula is C22H23N7O2S. The molecule has 10 heteroatoms. The number of methoxy groups -OCH3 is 1. The van der Waals surface area contributed by atoms with Gasteiger partial charge in [0.05, 0.1) is 42.3 Å². The normalized spacial score (nSPS) is 14.4. The first kappa shape index (κ1) is 22.9. The second-order valence-corrected chi connectivity index (χ2v) is 7.09. The summed E-state index contributed by atoms with van der Waals surface area (Å²) >= 11 is 1.41. The highest BCUT2D eigenvalue weighted by molar-refractivity contribution is 8.02. The fourth-order valence-corrected chi connectivity index (χ4v) is 3.45. The molecule has 2 aromatic rings. The third-order valence-electron chi connectivity index (χ3n) is 4.35. The van der Waals surface area contributed by atoms with E-state index in [9.17, 15) is 0 Å². The number of thioether (sulfide) groups is 1. The number of hydrogen-bond donors (Lipinski definition) is 0. The Morgan fingerprint density at radius 3 is 2.72 bits per heavy atom. The van der Waals surface area contributed by atoms with Crippen LogP contribution in [0.25, 0.3) is 5.70 Å². The van der Waals surface area contributed by atoms with Crippen LogP contribution in [0.3, 0.4) is 0 Å². The number of nitrogens with zero attached hydrogens (tertiary/aromatic N) is 7. The van der Waals surface area contributed by atoms with Crippen LogP contribution in [0.5, 0.6) is 11.8 Å². The molecule has 0 aromatic carbocycles. The van der Waals surface area contributed by atoms with Crippen molar-refractivity contribution in [3.05, 3.63) is 71.1 Å². The summed E-state index contributed by atoms with van der Waals surface area (Å²) in [5.74, 6) is 0.859. The van der Waals surface area contributed by atoms with E-state index in [2.05, 4.69) is 43.4 Å². The maximum Gasteiger partial charge on any atom is 0.316 e. The average Bonchev–Trinajstić information content (AvgIpc) is 2.86. The van der Waals surface area contributed by atoms with E-state index in [4.69, 9.17) is 9.47 Å². The lowest BCUT2D eigenvalue weighted by Gasteiger charge is -2.31. The van der Waals surface area contributed by atoms with Crippen molar-refractivity contribution in [3.63, 3.8) is 0 Å². The molecule has 1 aliphatic heterocycles. The monoisotopic (exact) mass is 449 g/mol. The summed E-state index contributed by atoms with van der Waals surface area (Å²) in [4.78, 5) is 27.1. The summed E-state index contributed by atoms with van der Waals surface area (Å²) in [6.45, 7) is 9.71. The molecule has 0 unspecified atom stereocenters. The molecule has 0 aliphatic carbocycles. The highest BCUT2D eigenvalue weighted by Crippen LogP contribution is 2.32. The van der Waals surface area contributed by atoms with Crippen molar-refractivity contribution in [2.75, 3.05) is 19.7 Å². The van der Waals surface area contributed by atoms with E-state index in [1.54, 1.807) is 31.0 Å². The smallest absolute Gasteiger partial charge is 0.316 e. The number of rotatable bonds is 10. The second-order valence-electron chi connectivity index (χ2n) is 6.28. The molecule has 3 heterocycles. The van der Waals surface area contributed by atoms with Gasteiger partial charge in [-0.2, -0.15) is 9.97 Å². The minimum absolute atomic E-state index is 0.284. The van der Waals surface area contributed by atoms with Crippen LogP contribution in [-0.4, -0.2) is 59.2 Å². The van der Waals surface area contributed by atoms with Crippen molar-refractivity contribution in [2.24, 2.45) is 15.0 Å². The molecule has 0 saturated carbocycles. The molecule has 9 nitrogen and oxygen atoms in total. The molecule has 2 aromatic heterocycles. The Balaban J connectivity index is 1.80. The average molecular weight is 450 g/mol. The van der Waals surface area contributed by atoms with Crippen LogP contribution in [0.2, 0.25) is 0 Å². The van der Waals surface area contributed by atoms with Crippen molar-refractivity contribution in [2.45, 2.75) is 6.92 Å². The Bertz CT molecular complexity index is 1060. The van der Waals surface area contributed by atoms with Crippen LogP contribution in [0.15, 0.2) is 80.5 Å². The minimum Gasteiger partial charge on any atom is -0.479 e. The molecule has 3 rings (SSSR count). The Morgan fingerprint density at radius 2 is 2.06 bits per heavy atom. The minimum atomic E-state index is 0.284. The van der Waals surface area contributed by atoms with E-state index < -0.39 is 0 Å². The van der Waals surface area contributed by atoms with Crippen LogP contribution in [0.1, 0.15) is 12.5 Å². The van der Waals surface area contributed by atoms with Gasteiger partial charge < -0.3 is 14.4 Å². The van der Waals surface area contributed by atoms with E-state index in [1.807, 2.05) is 35.4 Å². The van der Waals surface area contributed by atoms with Gasteiger partial charge in [0.1, 0.15) is 12.6 Å². The molecule has 0 amide bonds. The zero-order valence-electron chi connectivity index (χ0n) is 17.9. The van der Waals surface area contributed by atoms with Gasteiger partial charge in [-0.3, -0.25) is 20.0 Å². The van der Waals surface area contributed by atoms with Gasteiger partial charge in [-0.1, -0.05) is 11.8 Å². The summed E-state index contributed by atoms with van der Waals surface area (Å²) in [6.07, 6.45) is 10.3. The van der Waals surface area contributed by atoms with E-state index in [-0.39, 0.29) is 6.01 Å². The maximum atomic E-state index is 5.67. The van der Waals surface area contributed by atoms with Gasteiger partial charge in [-0.25, -0.2) is 0 Å². The second kappa shape index (κ2) is 11.6. The van der Waals surface area contributed by atoms with Crippen molar-refractivity contribution >= 4 is 37.1 Å². The molecule has 0 radical (unpaired) electrons. The van der Waals surface area contributed by atoms with Crippen molar-refractivity contribution < 1.29 is 9.47 Å². The summed E-state index contributed by atoms with van der Waals surface area (Å²) in [6, 6.07) is 4.16. The quantitative estimate of drug-likeness (QED) is 0.235. The molecule has 0 atom stereocenters. The van der Waals surface area contributed by atoms with Crippen LogP contribution in [-0.2, 0) is 0 Å². The fraction of sp³-hybridized carbons (Fsp3) is 0.182. The molecule has 0 fully saturated rings. The first-order chi connectivity index (χ1) is 15.7. The molecular weight excluding hydrogens is 426 g/mol. The molecule has 0 saturated heterocycles. The van der Waals surface area contributed by atoms with Gasteiger partial charge in [0, 0.05) is 29.6 Å². The van der Waals surface area contributed by atoms with Crippen LogP contribution >= 0.6 is 11.8 Å². The highest BCUT2D eigenvalue weighted by atomic mass is 32.2. The molecule has 1 aliphatic rings. The number of aromatic nitrogens is 3. The number of ether oxygens (including phenoxy) is 2. The SMILES string of the molecule is C=NC(=C\SCOc1cnc(OC)nc1)/C(=C(\C)N=C)N1CN=CC=C1c1cccnc1. The summed E-state index contributed by atoms with van der Waals surface area (Å²) < 4.78 is 10.6. The summed E-state index contributed by atoms with van der Waals surface area (Å²) in [7, 11) is 1.51. The molecule has 164 valence electrons. The number of pyridine rings is 1. The van der Waals surface area contributed by atoms with Crippen LogP contribution in [0.4, 0.5) is 0 Å². The topological polar surface area (TPSA) is 97.5 Å². The van der Waals surface area contributed by atoms with E-state index in [0.29, 0.717) is 29.8 Å². The number of hydrogen-bond acceptors (Lipinski definition) is 10. The predicted molar refractivity (Wildman–Crippen MR) is 129 cm³/mol. The molecule has 0 N–H and O–H groups in total. The van der Waals surface area contributed by atoms with Gasteiger partial charge in [-0.05, 0) is 38.6 Å². The first-order valence-corrected chi connectivity index (χ1v) is 10.6. The molecule has 32 heavy (non-hydrogen) atoms. The number of aliphatic imine (C=N–C) groups is 3. The van der Waals surface area contributed by atoms with Gasteiger partial charge in [0.25, 0.3) is 0 Å². The molecule has 0 bridgehead atoms. The van der Waals surface area contributed by atoms with Crippen molar-refractivity contribution in [1.82, 2.24) is 19.9 Å². The highest BCUT2D eigenvalue weighted by Gasteiger charge is 2.22. The molecule has 0 spiro atoms. The number of allylic oxidation sites excluding steroid dienone is 2. The van der Waals surface area contributed by atoms with E-state index >= 15 is 0 Å². The van der Waals surface area contributed by atoms with Gasteiger partial charge in [-0.15, -0.1) is 0 Å². The lowest BCUT2D eigenvalue weighted by molar-refractivity contribution is 0.364. The Labute approximate surface area is 191 Å². The van der Waals surface area contributed by atoms with Gasteiger partial charge in [0.2, 0.25) is 0 Å². The summed E-state index contributed by atoms with van der Waals surface area (Å²) in [5.41, 5.74) is 3.95. The van der Waals surface area contributed by atoms with Crippen LogP contribution < -0.4 is 9.47 Å². The third-order valence-corrected chi connectivity index (χ3v) is 4.99. The predicted octanol–water partition coefficient (Wildman–Crippen LogP) is 3.81. The van der Waals surface area contributed by atoms with E-state index in [1.165, 1.54) is 18.9 Å². The van der Waals surface area contributed by atoms with E-state index in [0.717, 1.165) is 17.0 Å². The van der Waals surface area contributed by atoms with Crippen LogP contribution in [0, 0.1) is 0 Å². The third kappa shape index (κ3) is 5.67. The summed E-state index contributed by atoms with van der Waals surface area (Å²) in [5, 5.41) is 1.86. The lowest BCUT2D eigenvalue weighted by Crippen LogP contribution is -2.26. The standard InChI is InChI=1S/C22H23N7O2S/c1-16(23-2)21(29-14-26-9-7-20(29)17-6-5-8-25-10-17)19(24-3)13-32-15-31-18-11-27-22(30-4)28-12-18/h5-13H,2-3,14-15H2,1,4H3/b19-13-,21-16-.